The van der Waals surface area contributed by atoms with Crippen molar-refractivity contribution in [1.29, 1.82) is 0 Å². The van der Waals surface area contributed by atoms with E-state index in [1.807, 2.05) is 18.2 Å². The molecule has 0 unspecified atom stereocenters. The predicted octanol–water partition coefficient (Wildman–Crippen LogP) is 2.48. The molecule has 0 saturated heterocycles. The highest BCUT2D eigenvalue weighted by Crippen LogP contribution is 2.47. The van der Waals surface area contributed by atoms with Crippen molar-refractivity contribution in [2.45, 2.75) is 18.4 Å². The van der Waals surface area contributed by atoms with Gasteiger partial charge in [-0.1, -0.05) is 6.07 Å². The Kier molecular flexibility index (Phi) is 1.93. The fraction of sp³-hybridized carbons (Fsp3) is 0.444. The number of methoxy groups -OCH3 is 1. The molecule has 12 heavy (non-hydrogen) atoms. The van der Waals surface area contributed by atoms with Gasteiger partial charge in [-0.05, 0) is 40.9 Å². The van der Waals surface area contributed by atoms with Crippen molar-refractivity contribution in [3.8, 4) is 0 Å². The molecular formula is C9H10BrNO. The van der Waals surface area contributed by atoms with E-state index in [0.717, 1.165) is 23.1 Å². The third kappa shape index (κ3) is 1.27. The summed E-state index contributed by atoms with van der Waals surface area (Å²) in [6, 6.07) is 5.93. The molecule has 0 aliphatic heterocycles. The van der Waals surface area contributed by atoms with Crippen molar-refractivity contribution < 1.29 is 4.74 Å². The fourth-order valence-electron chi connectivity index (χ4n) is 1.34. The highest BCUT2D eigenvalue weighted by Gasteiger charge is 2.46. The van der Waals surface area contributed by atoms with Gasteiger partial charge in [-0.3, -0.25) is 0 Å². The zero-order chi connectivity index (χ0) is 8.60. The Morgan fingerprint density at radius 3 is 2.75 bits per heavy atom. The lowest BCUT2D eigenvalue weighted by atomic mass is 10.2. The minimum absolute atomic E-state index is 0.0657. The number of halogens is 1. The van der Waals surface area contributed by atoms with E-state index in [2.05, 4.69) is 20.9 Å². The van der Waals surface area contributed by atoms with Gasteiger partial charge in [-0.2, -0.15) is 0 Å². The highest BCUT2D eigenvalue weighted by atomic mass is 79.9. The molecule has 2 nitrogen and oxygen atoms in total. The largest absolute Gasteiger partial charge is 0.372 e. The third-order valence-electron chi connectivity index (χ3n) is 2.28. The quantitative estimate of drug-likeness (QED) is 0.725. The molecule has 1 saturated carbocycles. The molecule has 0 N–H and O–H groups in total. The van der Waals surface area contributed by atoms with Gasteiger partial charge in [0.2, 0.25) is 0 Å². The zero-order valence-corrected chi connectivity index (χ0v) is 8.47. The van der Waals surface area contributed by atoms with Crippen LogP contribution in [0.1, 0.15) is 18.5 Å². The number of ether oxygens (including phenoxy) is 1. The second kappa shape index (κ2) is 2.82. The van der Waals surface area contributed by atoms with Crippen LogP contribution in [0.5, 0.6) is 0 Å². The van der Waals surface area contributed by atoms with Crippen molar-refractivity contribution in [3.05, 3.63) is 28.5 Å². The van der Waals surface area contributed by atoms with Crippen LogP contribution in [-0.2, 0) is 10.3 Å². The van der Waals surface area contributed by atoms with Crippen molar-refractivity contribution >= 4 is 15.9 Å². The molecule has 2 rings (SSSR count). The van der Waals surface area contributed by atoms with E-state index in [1.54, 1.807) is 7.11 Å². The van der Waals surface area contributed by atoms with Crippen molar-refractivity contribution in [1.82, 2.24) is 4.98 Å². The molecule has 64 valence electrons. The molecule has 0 spiro atoms. The monoisotopic (exact) mass is 227 g/mol. The van der Waals surface area contributed by atoms with Crippen LogP contribution in [0.3, 0.4) is 0 Å². The first-order valence-corrected chi connectivity index (χ1v) is 4.74. The van der Waals surface area contributed by atoms with Crippen molar-refractivity contribution in [3.63, 3.8) is 0 Å². The Morgan fingerprint density at radius 1 is 1.50 bits per heavy atom. The Bertz CT molecular complexity index is 296. The van der Waals surface area contributed by atoms with Crippen LogP contribution in [-0.4, -0.2) is 12.1 Å². The lowest BCUT2D eigenvalue weighted by Gasteiger charge is -2.11. The molecule has 0 radical (unpaired) electrons. The van der Waals surface area contributed by atoms with E-state index in [1.165, 1.54) is 0 Å². The van der Waals surface area contributed by atoms with Gasteiger partial charge in [0.25, 0.3) is 0 Å². The Morgan fingerprint density at radius 2 is 2.25 bits per heavy atom. The van der Waals surface area contributed by atoms with Crippen LogP contribution in [0.15, 0.2) is 22.8 Å². The van der Waals surface area contributed by atoms with Crippen LogP contribution in [0.25, 0.3) is 0 Å². The molecule has 1 fully saturated rings. The summed E-state index contributed by atoms with van der Waals surface area (Å²) in [6.45, 7) is 0. The Hall–Kier alpha value is -0.410. The summed E-state index contributed by atoms with van der Waals surface area (Å²) < 4.78 is 6.28. The molecular weight excluding hydrogens is 218 g/mol. The maximum atomic E-state index is 5.41. The molecule has 1 aliphatic rings. The van der Waals surface area contributed by atoms with Crippen LogP contribution >= 0.6 is 15.9 Å². The summed E-state index contributed by atoms with van der Waals surface area (Å²) in [5.41, 5.74) is 0.975. The fourth-order valence-corrected chi connectivity index (χ4v) is 1.68. The SMILES string of the molecule is COC1(c2cccc(Br)n2)CC1. The van der Waals surface area contributed by atoms with E-state index in [-0.39, 0.29) is 5.60 Å². The van der Waals surface area contributed by atoms with E-state index in [4.69, 9.17) is 4.74 Å². The first kappa shape index (κ1) is 8.20. The van der Waals surface area contributed by atoms with Crippen molar-refractivity contribution in [2.75, 3.05) is 7.11 Å². The Balaban J connectivity index is 2.34. The maximum Gasteiger partial charge on any atom is 0.110 e. The topological polar surface area (TPSA) is 22.1 Å². The molecule has 0 atom stereocenters. The van der Waals surface area contributed by atoms with Gasteiger partial charge in [0, 0.05) is 7.11 Å². The van der Waals surface area contributed by atoms with Gasteiger partial charge in [0.15, 0.2) is 0 Å². The lowest BCUT2D eigenvalue weighted by molar-refractivity contribution is 0.0750. The number of hydrogen-bond acceptors (Lipinski definition) is 2. The molecule has 1 aliphatic carbocycles. The third-order valence-corrected chi connectivity index (χ3v) is 2.72. The standard InChI is InChI=1S/C9H10BrNO/c1-12-9(5-6-9)7-3-2-4-8(10)11-7/h2-4H,5-6H2,1H3. The molecule has 0 amide bonds. The van der Waals surface area contributed by atoms with E-state index in [9.17, 15) is 0 Å². The van der Waals surface area contributed by atoms with Gasteiger partial charge in [-0.25, -0.2) is 4.98 Å². The van der Waals surface area contributed by atoms with Crippen LogP contribution in [0.4, 0.5) is 0 Å². The summed E-state index contributed by atoms with van der Waals surface area (Å²) in [7, 11) is 1.75. The molecule has 1 aromatic heterocycles. The summed E-state index contributed by atoms with van der Waals surface area (Å²) >= 11 is 3.34. The second-order valence-electron chi connectivity index (χ2n) is 3.04. The smallest absolute Gasteiger partial charge is 0.110 e. The summed E-state index contributed by atoms with van der Waals surface area (Å²) in [5.74, 6) is 0. The first-order chi connectivity index (χ1) is 5.77. The van der Waals surface area contributed by atoms with Crippen LogP contribution < -0.4 is 0 Å². The molecule has 1 aromatic rings. The van der Waals surface area contributed by atoms with E-state index in [0.29, 0.717) is 0 Å². The summed E-state index contributed by atoms with van der Waals surface area (Å²) in [4.78, 5) is 4.37. The normalized spacial score (nSPS) is 19.2. The van der Waals surface area contributed by atoms with E-state index < -0.39 is 0 Å². The number of hydrogen-bond donors (Lipinski definition) is 0. The molecule has 3 heteroatoms. The van der Waals surface area contributed by atoms with Gasteiger partial charge < -0.3 is 4.74 Å². The lowest BCUT2D eigenvalue weighted by Crippen LogP contribution is -2.10. The van der Waals surface area contributed by atoms with Crippen LogP contribution in [0.2, 0.25) is 0 Å². The minimum atomic E-state index is -0.0657. The number of pyridine rings is 1. The van der Waals surface area contributed by atoms with Gasteiger partial charge >= 0.3 is 0 Å². The number of aromatic nitrogens is 1. The molecule has 1 heterocycles. The highest BCUT2D eigenvalue weighted by molar-refractivity contribution is 9.10. The molecule has 0 aromatic carbocycles. The average Bonchev–Trinajstić information content (AvgIpc) is 2.84. The first-order valence-electron chi connectivity index (χ1n) is 3.95. The average molecular weight is 228 g/mol. The van der Waals surface area contributed by atoms with E-state index >= 15 is 0 Å². The predicted molar refractivity (Wildman–Crippen MR) is 49.9 cm³/mol. The zero-order valence-electron chi connectivity index (χ0n) is 6.88. The maximum absolute atomic E-state index is 5.41. The van der Waals surface area contributed by atoms with Gasteiger partial charge in [0.05, 0.1) is 5.69 Å². The Labute approximate surface area is 80.1 Å². The minimum Gasteiger partial charge on any atom is -0.372 e. The van der Waals surface area contributed by atoms with Crippen LogP contribution in [0, 0.1) is 0 Å². The van der Waals surface area contributed by atoms with Gasteiger partial charge in [0.1, 0.15) is 10.2 Å². The van der Waals surface area contributed by atoms with Gasteiger partial charge in [-0.15, -0.1) is 0 Å². The molecule has 0 bridgehead atoms. The number of nitrogens with zero attached hydrogens (tertiary/aromatic N) is 1. The summed E-state index contributed by atoms with van der Waals surface area (Å²) in [6.07, 6.45) is 2.18. The summed E-state index contributed by atoms with van der Waals surface area (Å²) in [5, 5.41) is 0. The second-order valence-corrected chi connectivity index (χ2v) is 3.86. The number of rotatable bonds is 2. The van der Waals surface area contributed by atoms with Crippen molar-refractivity contribution in [2.24, 2.45) is 0 Å².